The second kappa shape index (κ2) is 6.89. The Morgan fingerprint density at radius 1 is 1.29 bits per heavy atom. The average Bonchev–Trinajstić information content (AvgIpc) is 2.48. The molecule has 0 heterocycles. The minimum absolute atomic E-state index is 0.175. The summed E-state index contributed by atoms with van der Waals surface area (Å²) >= 11 is 6.01. The first kappa shape index (κ1) is 15.8. The summed E-state index contributed by atoms with van der Waals surface area (Å²) in [7, 11) is 1.54. The summed E-state index contributed by atoms with van der Waals surface area (Å²) in [6.07, 6.45) is -0.946. The summed E-state index contributed by atoms with van der Waals surface area (Å²) in [5.41, 5.74) is 6.97. The van der Waals surface area contributed by atoms with Crippen molar-refractivity contribution in [1.29, 1.82) is 0 Å². The van der Waals surface area contributed by atoms with E-state index in [1.54, 1.807) is 30.3 Å². The normalized spacial score (nSPS) is 13.8. The number of ether oxygens (including phenoxy) is 1. The van der Waals surface area contributed by atoms with Crippen molar-refractivity contribution in [2.24, 2.45) is 5.73 Å². The summed E-state index contributed by atoms with van der Waals surface area (Å²) in [6.45, 7) is 0.175. The summed E-state index contributed by atoms with van der Waals surface area (Å²) in [4.78, 5) is 0. The molecular formula is C16H17ClFNO2. The van der Waals surface area contributed by atoms with Crippen molar-refractivity contribution in [2.75, 3.05) is 13.7 Å². The van der Waals surface area contributed by atoms with Gasteiger partial charge < -0.3 is 15.6 Å². The largest absolute Gasteiger partial charge is 0.496 e. The van der Waals surface area contributed by atoms with Gasteiger partial charge in [-0.05, 0) is 35.9 Å². The smallest absolute Gasteiger partial charge is 0.123 e. The van der Waals surface area contributed by atoms with Gasteiger partial charge in [0, 0.05) is 23.0 Å². The summed E-state index contributed by atoms with van der Waals surface area (Å²) in [5.74, 6) is -0.258. The molecule has 0 amide bonds. The Kier molecular flexibility index (Phi) is 5.17. The fourth-order valence-electron chi connectivity index (χ4n) is 2.34. The van der Waals surface area contributed by atoms with Crippen molar-refractivity contribution in [1.82, 2.24) is 0 Å². The van der Waals surface area contributed by atoms with Gasteiger partial charge in [-0.1, -0.05) is 23.7 Å². The van der Waals surface area contributed by atoms with Gasteiger partial charge >= 0.3 is 0 Å². The number of methoxy groups -OCH3 is 1. The van der Waals surface area contributed by atoms with E-state index in [-0.39, 0.29) is 6.54 Å². The van der Waals surface area contributed by atoms with Gasteiger partial charge in [0.2, 0.25) is 0 Å². The van der Waals surface area contributed by atoms with E-state index < -0.39 is 17.8 Å². The molecule has 2 atom stereocenters. The van der Waals surface area contributed by atoms with Gasteiger partial charge in [0.05, 0.1) is 13.2 Å². The number of hydrogen-bond acceptors (Lipinski definition) is 3. The van der Waals surface area contributed by atoms with Gasteiger partial charge in [-0.25, -0.2) is 4.39 Å². The first-order valence-corrected chi connectivity index (χ1v) is 6.91. The molecule has 0 saturated heterocycles. The van der Waals surface area contributed by atoms with Crippen molar-refractivity contribution in [3.8, 4) is 5.75 Å². The monoisotopic (exact) mass is 309 g/mol. The second-order valence-corrected chi connectivity index (χ2v) is 5.16. The van der Waals surface area contributed by atoms with Crippen LogP contribution in [0.4, 0.5) is 4.39 Å². The van der Waals surface area contributed by atoms with Gasteiger partial charge in [0.25, 0.3) is 0 Å². The maximum atomic E-state index is 13.3. The van der Waals surface area contributed by atoms with Gasteiger partial charge in [0.1, 0.15) is 11.6 Å². The second-order valence-electron chi connectivity index (χ2n) is 4.73. The third-order valence-electron chi connectivity index (χ3n) is 3.42. The summed E-state index contributed by atoms with van der Waals surface area (Å²) in [5, 5.41) is 11.0. The number of nitrogens with two attached hydrogens (primary N) is 1. The van der Waals surface area contributed by atoms with Crippen molar-refractivity contribution < 1.29 is 14.2 Å². The van der Waals surface area contributed by atoms with Crippen LogP contribution in [0.1, 0.15) is 23.1 Å². The molecule has 0 aliphatic heterocycles. The fraction of sp³-hybridized carbons (Fsp3) is 0.250. The van der Waals surface area contributed by atoms with Crippen molar-refractivity contribution >= 4 is 11.6 Å². The van der Waals surface area contributed by atoms with Crippen LogP contribution in [0.15, 0.2) is 42.5 Å². The highest BCUT2D eigenvalue weighted by Crippen LogP contribution is 2.37. The van der Waals surface area contributed by atoms with E-state index >= 15 is 0 Å². The number of hydrogen-bond donors (Lipinski definition) is 2. The Morgan fingerprint density at radius 2 is 2.05 bits per heavy atom. The van der Waals surface area contributed by atoms with Crippen LogP contribution in [0.25, 0.3) is 0 Å². The lowest BCUT2D eigenvalue weighted by molar-refractivity contribution is 0.145. The molecule has 21 heavy (non-hydrogen) atoms. The molecule has 0 fully saturated rings. The van der Waals surface area contributed by atoms with Crippen molar-refractivity contribution in [3.63, 3.8) is 0 Å². The minimum Gasteiger partial charge on any atom is -0.496 e. The molecule has 3 nitrogen and oxygen atoms in total. The van der Waals surface area contributed by atoms with Crippen LogP contribution in [0.2, 0.25) is 5.02 Å². The van der Waals surface area contributed by atoms with Crippen LogP contribution in [0.3, 0.4) is 0 Å². The summed E-state index contributed by atoms with van der Waals surface area (Å²) in [6, 6.07) is 11.0. The molecule has 0 aromatic heterocycles. The lowest BCUT2D eigenvalue weighted by Crippen LogP contribution is -2.21. The molecule has 2 unspecified atom stereocenters. The number of rotatable bonds is 5. The molecule has 3 N–H and O–H groups in total. The van der Waals surface area contributed by atoms with Crippen LogP contribution < -0.4 is 10.5 Å². The topological polar surface area (TPSA) is 55.5 Å². The first-order valence-electron chi connectivity index (χ1n) is 6.54. The molecular weight excluding hydrogens is 293 g/mol. The van der Waals surface area contributed by atoms with Gasteiger partial charge in [0.15, 0.2) is 0 Å². The lowest BCUT2D eigenvalue weighted by Gasteiger charge is -2.24. The molecule has 2 aromatic carbocycles. The molecule has 0 aliphatic rings. The number of aliphatic hydroxyl groups excluding tert-OH is 1. The van der Waals surface area contributed by atoms with E-state index in [0.717, 1.165) is 0 Å². The van der Waals surface area contributed by atoms with Crippen LogP contribution in [0, 0.1) is 5.82 Å². The maximum Gasteiger partial charge on any atom is 0.123 e. The zero-order valence-corrected chi connectivity index (χ0v) is 12.3. The van der Waals surface area contributed by atoms with Crippen molar-refractivity contribution in [3.05, 3.63) is 64.4 Å². The third-order valence-corrected chi connectivity index (χ3v) is 3.65. The molecule has 2 aromatic rings. The van der Waals surface area contributed by atoms with Crippen LogP contribution >= 0.6 is 11.6 Å². The zero-order chi connectivity index (χ0) is 15.4. The average molecular weight is 310 g/mol. The third kappa shape index (κ3) is 3.53. The Hall–Kier alpha value is -1.62. The molecule has 5 heteroatoms. The van der Waals surface area contributed by atoms with E-state index in [2.05, 4.69) is 0 Å². The summed E-state index contributed by atoms with van der Waals surface area (Å²) < 4.78 is 18.6. The van der Waals surface area contributed by atoms with Gasteiger partial charge in [-0.15, -0.1) is 0 Å². The molecule has 0 radical (unpaired) electrons. The first-order chi connectivity index (χ1) is 10.1. The van der Waals surface area contributed by atoms with Crippen LogP contribution in [-0.2, 0) is 0 Å². The predicted molar refractivity (Wildman–Crippen MR) is 81.2 cm³/mol. The molecule has 112 valence electrons. The maximum absolute atomic E-state index is 13.3. The van der Waals surface area contributed by atoms with Crippen LogP contribution in [0.5, 0.6) is 5.75 Å². The number of aliphatic hydroxyl groups is 1. The molecule has 0 bridgehead atoms. The SMILES string of the molecule is COc1ccc(Cl)cc1C(CN)C(O)c1cccc(F)c1. The van der Waals surface area contributed by atoms with E-state index in [1.165, 1.54) is 19.2 Å². The van der Waals surface area contributed by atoms with Gasteiger partial charge in [-0.2, -0.15) is 0 Å². The molecule has 2 rings (SSSR count). The molecule has 0 spiro atoms. The number of benzene rings is 2. The zero-order valence-electron chi connectivity index (χ0n) is 11.6. The highest BCUT2D eigenvalue weighted by Gasteiger charge is 2.25. The lowest BCUT2D eigenvalue weighted by atomic mass is 9.88. The quantitative estimate of drug-likeness (QED) is 0.891. The fourth-order valence-corrected chi connectivity index (χ4v) is 2.52. The Morgan fingerprint density at radius 3 is 2.67 bits per heavy atom. The minimum atomic E-state index is -0.946. The van der Waals surface area contributed by atoms with E-state index in [9.17, 15) is 9.50 Å². The van der Waals surface area contributed by atoms with E-state index in [4.69, 9.17) is 22.1 Å². The standard InChI is InChI=1S/C16H17ClFNO2/c1-21-15-6-5-11(17)8-13(15)14(9-19)16(20)10-3-2-4-12(18)7-10/h2-8,14,16,20H,9,19H2,1H3. The Labute approximate surface area is 128 Å². The van der Waals surface area contributed by atoms with E-state index in [1.807, 2.05) is 0 Å². The predicted octanol–water partition coefficient (Wildman–Crippen LogP) is 3.26. The molecule has 0 saturated carbocycles. The highest BCUT2D eigenvalue weighted by molar-refractivity contribution is 6.30. The van der Waals surface area contributed by atoms with Crippen LogP contribution in [-0.4, -0.2) is 18.8 Å². The highest BCUT2D eigenvalue weighted by atomic mass is 35.5. The van der Waals surface area contributed by atoms with Gasteiger partial charge in [-0.3, -0.25) is 0 Å². The number of halogens is 2. The molecule has 0 aliphatic carbocycles. The van der Waals surface area contributed by atoms with E-state index in [0.29, 0.717) is 21.9 Å². The Bertz CT molecular complexity index is 621. The van der Waals surface area contributed by atoms with Crippen molar-refractivity contribution in [2.45, 2.75) is 12.0 Å². The Balaban J connectivity index is 2.41.